The molecule has 0 saturated heterocycles. The highest BCUT2D eigenvalue weighted by molar-refractivity contribution is 7.14. The maximum Gasteiger partial charge on any atom is 0.230 e. The average Bonchev–Trinajstić information content (AvgIpc) is 3.07. The highest BCUT2D eigenvalue weighted by Crippen LogP contribution is 2.37. The summed E-state index contributed by atoms with van der Waals surface area (Å²) in [6.07, 6.45) is -0.399. The molecule has 0 bridgehead atoms. The number of nitrogens with zero attached hydrogens (tertiary/aromatic N) is 1. The molecule has 4 nitrogen and oxygen atoms in total. The largest absolute Gasteiger partial charge is 0.460 e. The van der Waals surface area contributed by atoms with E-state index in [0.717, 1.165) is 23.5 Å². The fraction of sp³-hybridized carbons (Fsp3) is 0.300. The van der Waals surface area contributed by atoms with Crippen LogP contribution in [0.4, 0.5) is 13.9 Å². The third kappa shape index (κ3) is 3.93. The maximum absolute atomic E-state index is 13.7. The summed E-state index contributed by atoms with van der Waals surface area (Å²) < 4.78 is 33.3. The number of carbonyl (C=O) groups is 1. The van der Waals surface area contributed by atoms with Crippen LogP contribution in [-0.4, -0.2) is 10.9 Å². The average molecular weight is 390 g/mol. The molecule has 0 spiro atoms. The number of ether oxygens (including phenoxy) is 1. The van der Waals surface area contributed by atoms with Crippen LogP contribution in [0.25, 0.3) is 5.76 Å². The molecule has 1 atom stereocenters. The smallest absolute Gasteiger partial charge is 0.230 e. The van der Waals surface area contributed by atoms with E-state index in [1.54, 1.807) is 5.38 Å². The fourth-order valence-corrected chi connectivity index (χ4v) is 3.56. The van der Waals surface area contributed by atoms with Crippen molar-refractivity contribution >= 4 is 28.1 Å². The molecule has 1 amide bonds. The molecule has 1 aliphatic rings. The monoisotopic (exact) mass is 390 g/mol. The van der Waals surface area contributed by atoms with E-state index in [1.165, 1.54) is 23.0 Å². The first-order valence-electron chi connectivity index (χ1n) is 8.52. The topological polar surface area (TPSA) is 51.2 Å². The zero-order valence-electron chi connectivity index (χ0n) is 15.5. The first-order valence-corrected chi connectivity index (χ1v) is 9.40. The van der Waals surface area contributed by atoms with Crippen molar-refractivity contribution in [1.82, 2.24) is 4.98 Å². The van der Waals surface area contributed by atoms with Crippen molar-refractivity contribution in [2.75, 3.05) is 5.32 Å². The molecule has 0 saturated carbocycles. The second-order valence-corrected chi connectivity index (χ2v) is 7.40. The number of aromatic nitrogens is 1. The van der Waals surface area contributed by atoms with Gasteiger partial charge in [0.2, 0.25) is 5.91 Å². The van der Waals surface area contributed by atoms with Crippen molar-refractivity contribution in [3.63, 3.8) is 0 Å². The molecule has 0 radical (unpaired) electrons. The molecular formula is C20H20F2N2O2S. The van der Waals surface area contributed by atoms with E-state index in [2.05, 4.69) is 17.2 Å². The van der Waals surface area contributed by atoms with Crippen LogP contribution >= 0.6 is 11.3 Å². The molecule has 2 aromatic rings. The van der Waals surface area contributed by atoms with Crippen molar-refractivity contribution in [2.24, 2.45) is 5.92 Å². The Balaban J connectivity index is 1.74. The van der Waals surface area contributed by atoms with Crippen molar-refractivity contribution in [2.45, 2.75) is 34.1 Å². The normalized spacial score (nSPS) is 17.2. The van der Waals surface area contributed by atoms with Crippen molar-refractivity contribution < 1.29 is 18.3 Å². The summed E-state index contributed by atoms with van der Waals surface area (Å²) >= 11 is 1.23. The van der Waals surface area contributed by atoms with Gasteiger partial charge in [-0.05, 0) is 44.1 Å². The molecule has 2 heterocycles. The number of carbonyl (C=O) groups excluding carboxylic acids is 1. The first kappa shape index (κ1) is 19.2. The Kier molecular flexibility index (Phi) is 5.41. The quantitative estimate of drug-likeness (QED) is 0.771. The van der Waals surface area contributed by atoms with E-state index < -0.39 is 24.0 Å². The molecule has 142 valence electrons. The number of thiazole rings is 1. The molecule has 1 aromatic carbocycles. The fourth-order valence-electron chi connectivity index (χ4n) is 2.86. The van der Waals surface area contributed by atoms with Crippen LogP contribution in [0.1, 0.15) is 39.0 Å². The molecule has 7 heteroatoms. The summed E-state index contributed by atoms with van der Waals surface area (Å²) in [7, 11) is 0. The number of hydrogen-bond acceptors (Lipinski definition) is 4. The number of anilines is 1. The number of amides is 1. The second-order valence-electron chi connectivity index (χ2n) is 6.54. The van der Waals surface area contributed by atoms with E-state index in [0.29, 0.717) is 16.6 Å². The summed E-state index contributed by atoms with van der Waals surface area (Å²) in [6, 6.07) is 3.52. The lowest BCUT2D eigenvalue weighted by Gasteiger charge is -2.25. The number of hydrogen-bond donors (Lipinski definition) is 1. The molecule has 1 aliphatic heterocycles. The van der Waals surface area contributed by atoms with Gasteiger partial charge in [-0.3, -0.25) is 4.79 Å². The predicted molar refractivity (Wildman–Crippen MR) is 102 cm³/mol. The predicted octanol–water partition coefficient (Wildman–Crippen LogP) is 5.29. The molecule has 0 aliphatic carbocycles. The van der Waals surface area contributed by atoms with Gasteiger partial charge in [0.25, 0.3) is 0 Å². The summed E-state index contributed by atoms with van der Waals surface area (Å²) in [6.45, 7) is 8.05. The Morgan fingerprint density at radius 1 is 1.22 bits per heavy atom. The Bertz CT molecular complexity index is 942. The van der Waals surface area contributed by atoms with Crippen LogP contribution in [0.5, 0.6) is 0 Å². The lowest BCUT2D eigenvalue weighted by atomic mass is 9.91. The van der Waals surface area contributed by atoms with Gasteiger partial charge in [-0.1, -0.05) is 13.0 Å². The number of benzene rings is 1. The van der Waals surface area contributed by atoms with E-state index in [-0.39, 0.29) is 11.5 Å². The second kappa shape index (κ2) is 7.60. The minimum absolute atomic E-state index is 0.248. The minimum Gasteiger partial charge on any atom is -0.460 e. The summed E-state index contributed by atoms with van der Waals surface area (Å²) in [5.74, 6) is -0.242. The van der Waals surface area contributed by atoms with Crippen molar-refractivity contribution in [1.29, 1.82) is 0 Å². The Labute approximate surface area is 160 Å². The van der Waals surface area contributed by atoms with Gasteiger partial charge >= 0.3 is 0 Å². The standard InChI is InChI=1S/C20H20F2N2O2S/c1-10-11(2)13(4)26-19(12(10)3)17-9-27-20(23-17)24-18(25)8-14-15(21)6-5-7-16(14)22/h5-7,9-10H,8H2,1-4H3,(H,23,24,25). The minimum atomic E-state index is -0.743. The van der Waals surface area contributed by atoms with Crippen molar-refractivity contribution in [3.05, 3.63) is 63.4 Å². The molecule has 1 N–H and O–H groups in total. The van der Waals surface area contributed by atoms with Crippen LogP contribution in [0.15, 0.2) is 40.5 Å². The van der Waals surface area contributed by atoms with Gasteiger partial charge in [-0.2, -0.15) is 0 Å². The van der Waals surface area contributed by atoms with Gasteiger partial charge in [-0.15, -0.1) is 11.3 Å². The number of allylic oxidation sites excluding steroid dienone is 3. The van der Waals surface area contributed by atoms with E-state index in [1.807, 2.05) is 20.8 Å². The Morgan fingerprint density at radius 2 is 1.89 bits per heavy atom. The highest BCUT2D eigenvalue weighted by atomic mass is 32.1. The molecule has 0 fully saturated rings. The maximum atomic E-state index is 13.7. The van der Waals surface area contributed by atoms with Gasteiger partial charge in [0.05, 0.1) is 6.42 Å². The van der Waals surface area contributed by atoms with Crippen molar-refractivity contribution in [3.8, 4) is 0 Å². The molecular weight excluding hydrogens is 370 g/mol. The van der Waals surface area contributed by atoms with E-state index in [9.17, 15) is 13.6 Å². The van der Waals surface area contributed by atoms with Crippen LogP contribution in [0.2, 0.25) is 0 Å². The Hall–Kier alpha value is -2.54. The lowest BCUT2D eigenvalue weighted by molar-refractivity contribution is -0.115. The first-order chi connectivity index (χ1) is 12.8. The third-order valence-electron chi connectivity index (χ3n) is 4.85. The van der Waals surface area contributed by atoms with Gasteiger partial charge < -0.3 is 10.1 Å². The lowest BCUT2D eigenvalue weighted by Crippen LogP contribution is -2.16. The van der Waals surface area contributed by atoms with Gasteiger partial charge in [-0.25, -0.2) is 13.8 Å². The molecule has 3 rings (SSSR count). The summed E-state index contributed by atoms with van der Waals surface area (Å²) in [5, 5.41) is 4.74. The number of nitrogens with one attached hydrogen (secondary N) is 1. The highest BCUT2D eigenvalue weighted by Gasteiger charge is 2.24. The third-order valence-corrected chi connectivity index (χ3v) is 5.61. The van der Waals surface area contributed by atoms with Gasteiger partial charge in [0.1, 0.15) is 23.1 Å². The summed E-state index contributed by atoms with van der Waals surface area (Å²) in [5.41, 5.74) is 2.61. The van der Waals surface area contributed by atoms with E-state index in [4.69, 9.17) is 4.74 Å². The molecule has 27 heavy (non-hydrogen) atoms. The van der Waals surface area contributed by atoms with Crippen LogP contribution in [0, 0.1) is 17.6 Å². The van der Waals surface area contributed by atoms with Gasteiger partial charge in [0.15, 0.2) is 10.9 Å². The van der Waals surface area contributed by atoms with Crippen LogP contribution in [-0.2, 0) is 16.0 Å². The zero-order valence-corrected chi connectivity index (χ0v) is 16.3. The number of rotatable bonds is 4. The van der Waals surface area contributed by atoms with Crippen LogP contribution < -0.4 is 5.32 Å². The van der Waals surface area contributed by atoms with E-state index >= 15 is 0 Å². The Morgan fingerprint density at radius 3 is 2.56 bits per heavy atom. The summed E-state index contributed by atoms with van der Waals surface area (Å²) in [4.78, 5) is 16.6. The SMILES string of the molecule is CC1=C(C)C(C)C(C)=C(c2csc(NC(=O)Cc3c(F)cccc3F)n2)O1. The molecule has 1 aromatic heterocycles. The molecule has 1 unspecified atom stereocenters. The number of halogens is 2. The van der Waals surface area contributed by atoms with Crippen LogP contribution in [0.3, 0.4) is 0 Å². The zero-order chi connectivity index (χ0) is 19.7. The van der Waals surface area contributed by atoms with Gasteiger partial charge in [0, 0.05) is 16.9 Å².